The standard InChI is InChI=1S/C10H10F2N4O2/c11-6-1-5(2-17)18-10(6)16-4-15-7-8(12)13-3-14-9(7)16/h3-6,10,17H,1-2H2/t5-,6-,10+/m0/s1. The number of ether oxygens (including phenoxy) is 1. The van der Waals surface area contributed by atoms with Crippen LogP contribution < -0.4 is 0 Å². The molecule has 2 aromatic rings. The van der Waals surface area contributed by atoms with Crippen LogP contribution in [0.15, 0.2) is 12.7 Å². The smallest absolute Gasteiger partial charge is 0.244 e. The van der Waals surface area contributed by atoms with Crippen molar-refractivity contribution in [3.05, 3.63) is 18.6 Å². The molecule has 1 aliphatic heterocycles. The van der Waals surface area contributed by atoms with Crippen molar-refractivity contribution >= 4 is 11.2 Å². The Kier molecular flexibility index (Phi) is 2.67. The van der Waals surface area contributed by atoms with Gasteiger partial charge >= 0.3 is 0 Å². The second kappa shape index (κ2) is 4.21. The van der Waals surface area contributed by atoms with Crippen LogP contribution in [-0.4, -0.2) is 43.5 Å². The van der Waals surface area contributed by atoms with Gasteiger partial charge in [0.05, 0.1) is 19.0 Å². The number of rotatable bonds is 2. The Hall–Kier alpha value is -1.67. The highest BCUT2D eigenvalue weighted by molar-refractivity contribution is 5.69. The van der Waals surface area contributed by atoms with Crippen LogP contribution in [0.2, 0.25) is 0 Å². The van der Waals surface area contributed by atoms with Crippen molar-refractivity contribution in [3.63, 3.8) is 0 Å². The number of halogens is 2. The summed E-state index contributed by atoms with van der Waals surface area (Å²) >= 11 is 0. The van der Waals surface area contributed by atoms with Crippen LogP contribution in [0.3, 0.4) is 0 Å². The molecule has 0 amide bonds. The lowest BCUT2D eigenvalue weighted by Crippen LogP contribution is -2.16. The van der Waals surface area contributed by atoms with E-state index in [1.54, 1.807) is 0 Å². The summed E-state index contributed by atoms with van der Waals surface area (Å²) in [6.07, 6.45) is -0.400. The minimum atomic E-state index is -1.29. The zero-order valence-corrected chi connectivity index (χ0v) is 9.20. The Morgan fingerprint density at radius 2 is 2.28 bits per heavy atom. The average Bonchev–Trinajstić information content (AvgIpc) is 2.93. The van der Waals surface area contributed by atoms with Crippen molar-refractivity contribution in [1.29, 1.82) is 0 Å². The molecule has 3 atom stereocenters. The highest BCUT2D eigenvalue weighted by atomic mass is 19.1. The molecular formula is C10H10F2N4O2. The van der Waals surface area contributed by atoms with E-state index in [1.807, 2.05) is 0 Å². The van der Waals surface area contributed by atoms with Crippen LogP contribution in [0, 0.1) is 5.95 Å². The number of hydrogen-bond donors (Lipinski definition) is 1. The van der Waals surface area contributed by atoms with Gasteiger partial charge in [0.2, 0.25) is 5.95 Å². The summed E-state index contributed by atoms with van der Waals surface area (Å²) in [4.78, 5) is 11.0. The third-order valence-electron chi connectivity index (χ3n) is 2.92. The summed E-state index contributed by atoms with van der Waals surface area (Å²) in [6, 6.07) is 0. The largest absolute Gasteiger partial charge is 0.394 e. The van der Waals surface area contributed by atoms with Gasteiger partial charge in [-0.05, 0) is 0 Å². The molecule has 2 aromatic heterocycles. The molecule has 96 valence electrons. The maximum Gasteiger partial charge on any atom is 0.244 e. The fourth-order valence-electron chi connectivity index (χ4n) is 2.07. The van der Waals surface area contributed by atoms with E-state index in [1.165, 1.54) is 10.9 Å². The Labute approximate surface area is 100 Å². The molecule has 1 saturated heterocycles. The van der Waals surface area contributed by atoms with Gasteiger partial charge in [0.25, 0.3) is 0 Å². The molecule has 6 nitrogen and oxygen atoms in total. The maximum atomic E-state index is 13.8. The Bertz CT molecular complexity index is 576. The lowest BCUT2D eigenvalue weighted by Gasteiger charge is -2.15. The van der Waals surface area contributed by atoms with Crippen LogP contribution in [0.4, 0.5) is 8.78 Å². The van der Waals surface area contributed by atoms with Gasteiger partial charge in [-0.15, -0.1) is 0 Å². The summed E-state index contributed by atoms with van der Waals surface area (Å²) in [5.74, 6) is -0.758. The lowest BCUT2D eigenvalue weighted by atomic mass is 10.2. The van der Waals surface area contributed by atoms with Gasteiger partial charge in [0, 0.05) is 6.42 Å². The SMILES string of the molecule is OC[C@@H]1C[C@H](F)[C@H](n2cnc3c(F)ncnc32)O1. The number of fused-ring (bicyclic) bond motifs is 1. The maximum absolute atomic E-state index is 13.8. The molecule has 1 fully saturated rings. The minimum absolute atomic E-state index is 0.0271. The Morgan fingerprint density at radius 3 is 3.00 bits per heavy atom. The zero-order valence-electron chi connectivity index (χ0n) is 9.20. The van der Waals surface area contributed by atoms with Crippen LogP contribution in [-0.2, 0) is 4.74 Å². The lowest BCUT2D eigenvalue weighted by molar-refractivity contribution is -0.0351. The van der Waals surface area contributed by atoms with E-state index < -0.39 is 24.5 Å². The molecule has 0 unspecified atom stereocenters. The third kappa shape index (κ3) is 1.65. The molecule has 0 aliphatic carbocycles. The quantitative estimate of drug-likeness (QED) is 0.796. The molecule has 8 heteroatoms. The van der Waals surface area contributed by atoms with Crippen LogP contribution in [0.1, 0.15) is 12.6 Å². The number of aliphatic hydroxyl groups excluding tert-OH is 1. The monoisotopic (exact) mass is 256 g/mol. The highest BCUT2D eigenvalue weighted by Crippen LogP contribution is 2.32. The molecule has 0 spiro atoms. The van der Waals surface area contributed by atoms with Crippen molar-refractivity contribution < 1.29 is 18.6 Å². The molecule has 1 N–H and O–H groups in total. The third-order valence-corrected chi connectivity index (χ3v) is 2.92. The number of aliphatic hydroxyl groups is 1. The van der Waals surface area contributed by atoms with Crippen molar-refractivity contribution in [2.24, 2.45) is 0 Å². The van der Waals surface area contributed by atoms with Gasteiger partial charge < -0.3 is 9.84 Å². The molecule has 3 heterocycles. The first-order valence-electron chi connectivity index (χ1n) is 5.44. The molecule has 3 rings (SSSR count). The molecule has 0 bridgehead atoms. The van der Waals surface area contributed by atoms with E-state index in [0.29, 0.717) is 0 Å². The molecule has 1 aliphatic rings. The topological polar surface area (TPSA) is 73.1 Å². The second-order valence-electron chi connectivity index (χ2n) is 4.07. The predicted octanol–water partition coefficient (Wildman–Crippen LogP) is 0.583. The zero-order chi connectivity index (χ0) is 12.7. The number of nitrogens with zero attached hydrogens (tertiary/aromatic N) is 4. The molecular weight excluding hydrogens is 246 g/mol. The van der Waals surface area contributed by atoms with Crippen LogP contribution in [0.5, 0.6) is 0 Å². The van der Waals surface area contributed by atoms with E-state index in [4.69, 9.17) is 9.84 Å². The molecule has 0 aromatic carbocycles. The summed E-state index contributed by atoms with van der Waals surface area (Å²) in [7, 11) is 0. The van der Waals surface area contributed by atoms with Crippen molar-refractivity contribution in [2.75, 3.05) is 6.61 Å². The predicted molar refractivity (Wildman–Crippen MR) is 55.8 cm³/mol. The Morgan fingerprint density at radius 1 is 1.44 bits per heavy atom. The first-order valence-corrected chi connectivity index (χ1v) is 5.44. The number of hydrogen-bond acceptors (Lipinski definition) is 5. The van der Waals surface area contributed by atoms with Crippen LogP contribution in [0.25, 0.3) is 11.2 Å². The average molecular weight is 256 g/mol. The second-order valence-corrected chi connectivity index (χ2v) is 4.07. The fraction of sp³-hybridized carbons (Fsp3) is 0.500. The van der Waals surface area contributed by atoms with E-state index in [2.05, 4.69) is 15.0 Å². The van der Waals surface area contributed by atoms with Gasteiger partial charge in [-0.3, -0.25) is 4.57 Å². The minimum Gasteiger partial charge on any atom is -0.394 e. The van der Waals surface area contributed by atoms with Gasteiger partial charge in [0.1, 0.15) is 12.5 Å². The highest BCUT2D eigenvalue weighted by Gasteiger charge is 2.37. The van der Waals surface area contributed by atoms with Crippen LogP contribution >= 0.6 is 0 Å². The fourth-order valence-corrected chi connectivity index (χ4v) is 2.07. The normalized spacial score (nSPS) is 28.1. The summed E-state index contributed by atoms with van der Waals surface area (Å²) < 4.78 is 33.8. The summed E-state index contributed by atoms with van der Waals surface area (Å²) in [5, 5.41) is 8.95. The van der Waals surface area contributed by atoms with Gasteiger partial charge in [-0.1, -0.05) is 0 Å². The number of imidazole rings is 1. The van der Waals surface area contributed by atoms with Crippen molar-refractivity contribution in [1.82, 2.24) is 19.5 Å². The number of alkyl halides is 1. The Balaban J connectivity index is 2.02. The van der Waals surface area contributed by atoms with E-state index in [-0.39, 0.29) is 24.2 Å². The molecule has 0 saturated carbocycles. The first kappa shape index (κ1) is 11.4. The first-order chi connectivity index (χ1) is 8.70. The summed E-state index contributed by atoms with van der Waals surface area (Å²) in [5.41, 5.74) is 0.148. The number of aromatic nitrogens is 4. The summed E-state index contributed by atoms with van der Waals surface area (Å²) in [6.45, 7) is -0.257. The van der Waals surface area contributed by atoms with E-state index in [9.17, 15) is 8.78 Å². The van der Waals surface area contributed by atoms with E-state index in [0.717, 1.165) is 6.33 Å². The van der Waals surface area contributed by atoms with Gasteiger partial charge in [-0.2, -0.15) is 4.39 Å². The van der Waals surface area contributed by atoms with Gasteiger partial charge in [-0.25, -0.2) is 19.3 Å². The molecule has 0 radical (unpaired) electrons. The van der Waals surface area contributed by atoms with Crippen molar-refractivity contribution in [3.8, 4) is 0 Å². The van der Waals surface area contributed by atoms with Crippen molar-refractivity contribution in [2.45, 2.75) is 24.9 Å². The van der Waals surface area contributed by atoms with Gasteiger partial charge in [0.15, 0.2) is 17.4 Å². The van der Waals surface area contributed by atoms with E-state index >= 15 is 0 Å². The molecule has 18 heavy (non-hydrogen) atoms.